The van der Waals surface area contributed by atoms with E-state index >= 15 is 0 Å². The number of hydrogen-bond acceptors (Lipinski definition) is 2. The molecule has 4 atom stereocenters. The van der Waals surface area contributed by atoms with Gasteiger partial charge in [-0.3, -0.25) is 4.79 Å². The Kier molecular flexibility index (Phi) is 4.09. The highest BCUT2D eigenvalue weighted by atomic mass is 35.5. The number of carbonyl (C=O) groups is 1. The average Bonchev–Trinajstić information content (AvgIpc) is 2.89. The Hall–Kier alpha value is -0.280. The molecule has 4 heteroatoms. The second-order valence-electron chi connectivity index (χ2n) is 5.10. The lowest BCUT2D eigenvalue weighted by atomic mass is 9.88. The molecule has 0 radical (unpaired) electrons. The number of alkyl halides is 1. The number of nitrogens with one attached hydrogen (secondary N) is 1. The number of rotatable bonds is 5. The second kappa shape index (κ2) is 5.37. The van der Waals surface area contributed by atoms with Crippen LogP contribution in [0.3, 0.4) is 0 Å². The molecule has 0 saturated heterocycles. The molecule has 0 aromatic heterocycles. The molecule has 4 unspecified atom stereocenters. The van der Waals surface area contributed by atoms with Crippen molar-refractivity contribution in [3.8, 4) is 0 Å². The van der Waals surface area contributed by atoms with Crippen LogP contribution < -0.4 is 5.32 Å². The molecule has 0 aliphatic heterocycles. The Labute approximate surface area is 102 Å². The van der Waals surface area contributed by atoms with E-state index in [2.05, 4.69) is 5.32 Å². The number of halogens is 1. The van der Waals surface area contributed by atoms with Crippen molar-refractivity contribution >= 4 is 17.5 Å². The number of ether oxygens (including phenoxy) is 1. The summed E-state index contributed by atoms with van der Waals surface area (Å²) in [6.07, 6.45) is 4.90. The maximum atomic E-state index is 12.1. The molecule has 2 aliphatic carbocycles. The Morgan fingerprint density at radius 2 is 2.31 bits per heavy atom. The van der Waals surface area contributed by atoms with Crippen LogP contribution in [0.1, 0.15) is 25.7 Å². The molecule has 0 aromatic carbocycles. The van der Waals surface area contributed by atoms with E-state index in [1.54, 1.807) is 7.11 Å². The third-order valence-electron chi connectivity index (χ3n) is 3.98. The van der Waals surface area contributed by atoms with Crippen molar-refractivity contribution < 1.29 is 9.53 Å². The average molecular weight is 246 g/mol. The van der Waals surface area contributed by atoms with Gasteiger partial charge in [-0.15, -0.1) is 11.6 Å². The van der Waals surface area contributed by atoms with Gasteiger partial charge in [0, 0.05) is 18.9 Å². The molecular formula is C12H20ClNO2. The minimum atomic E-state index is -0.0432. The standard InChI is InChI=1S/C12H20ClNO2/c1-16-7-10(6-13)14-12(15)11-5-8-2-3-9(11)4-8/h8-11H,2-7H2,1H3,(H,14,15). The summed E-state index contributed by atoms with van der Waals surface area (Å²) in [7, 11) is 1.63. The predicted molar refractivity (Wildman–Crippen MR) is 63.5 cm³/mol. The smallest absolute Gasteiger partial charge is 0.223 e. The van der Waals surface area contributed by atoms with Crippen LogP contribution in [-0.2, 0) is 9.53 Å². The Morgan fingerprint density at radius 3 is 2.81 bits per heavy atom. The molecule has 16 heavy (non-hydrogen) atoms. The predicted octanol–water partition coefficient (Wildman–Crippen LogP) is 1.79. The van der Waals surface area contributed by atoms with E-state index in [-0.39, 0.29) is 17.9 Å². The third kappa shape index (κ3) is 2.51. The van der Waals surface area contributed by atoms with Crippen molar-refractivity contribution in [3.63, 3.8) is 0 Å². The van der Waals surface area contributed by atoms with E-state index < -0.39 is 0 Å². The summed E-state index contributed by atoms with van der Waals surface area (Å²) in [5, 5.41) is 3.00. The van der Waals surface area contributed by atoms with Crippen LogP contribution in [0.15, 0.2) is 0 Å². The van der Waals surface area contributed by atoms with Crippen molar-refractivity contribution in [2.24, 2.45) is 17.8 Å². The summed E-state index contributed by atoms with van der Waals surface area (Å²) in [6.45, 7) is 0.496. The van der Waals surface area contributed by atoms with Gasteiger partial charge < -0.3 is 10.1 Å². The zero-order valence-electron chi connectivity index (χ0n) is 9.75. The number of hydrogen-bond donors (Lipinski definition) is 1. The summed E-state index contributed by atoms with van der Waals surface area (Å²) in [5.41, 5.74) is 0. The highest BCUT2D eigenvalue weighted by Gasteiger charge is 2.43. The van der Waals surface area contributed by atoms with Gasteiger partial charge in [-0.1, -0.05) is 6.42 Å². The van der Waals surface area contributed by atoms with Crippen LogP contribution in [0, 0.1) is 17.8 Å². The SMILES string of the molecule is COCC(CCl)NC(=O)C1CC2CCC1C2. The summed E-state index contributed by atoms with van der Waals surface area (Å²) < 4.78 is 5.02. The fraction of sp³-hybridized carbons (Fsp3) is 0.917. The van der Waals surface area contributed by atoms with E-state index in [0.29, 0.717) is 18.4 Å². The molecule has 1 N–H and O–H groups in total. The first-order valence-electron chi connectivity index (χ1n) is 6.09. The molecule has 0 heterocycles. The van der Waals surface area contributed by atoms with E-state index in [9.17, 15) is 4.79 Å². The molecule has 2 bridgehead atoms. The van der Waals surface area contributed by atoms with Gasteiger partial charge in [-0.05, 0) is 31.1 Å². The molecule has 2 fully saturated rings. The lowest BCUT2D eigenvalue weighted by molar-refractivity contribution is -0.127. The van der Waals surface area contributed by atoms with Crippen molar-refractivity contribution in [2.75, 3.05) is 19.6 Å². The highest BCUT2D eigenvalue weighted by molar-refractivity contribution is 6.18. The minimum Gasteiger partial charge on any atom is -0.383 e. The lowest BCUT2D eigenvalue weighted by Crippen LogP contribution is -2.43. The number of amides is 1. The second-order valence-corrected chi connectivity index (χ2v) is 5.41. The number of fused-ring (bicyclic) bond motifs is 2. The van der Waals surface area contributed by atoms with Crippen LogP contribution in [0.4, 0.5) is 0 Å². The maximum Gasteiger partial charge on any atom is 0.223 e. The molecule has 2 aliphatic rings. The largest absolute Gasteiger partial charge is 0.383 e. The van der Waals surface area contributed by atoms with Gasteiger partial charge in [-0.25, -0.2) is 0 Å². The Balaban J connectivity index is 1.83. The molecule has 2 rings (SSSR count). The van der Waals surface area contributed by atoms with Gasteiger partial charge in [0.1, 0.15) is 0 Å². The Morgan fingerprint density at radius 1 is 1.50 bits per heavy atom. The van der Waals surface area contributed by atoms with Gasteiger partial charge in [0.25, 0.3) is 0 Å². The van der Waals surface area contributed by atoms with Crippen LogP contribution >= 0.6 is 11.6 Å². The summed E-state index contributed by atoms with van der Waals surface area (Å²) in [5.74, 6) is 2.28. The molecule has 2 saturated carbocycles. The van der Waals surface area contributed by atoms with Crippen molar-refractivity contribution in [3.05, 3.63) is 0 Å². The topological polar surface area (TPSA) is 38.3 Å². The van der Waals surface area contributed by atoms with Gasteiger partial charge in [0.2, 0.25) is 5.91 Å². The quantitative estimate of drug-likeness (QED) is 0.750. The first kappa shape index (κ1) is 12.2. The number of methoxy groups -OCH3 is 1. The normalized spacial score (nSPS) is 34.0. The van der Waals surface area contributed by atoms with Crippen molar-refractivity contribution in [1.29, 1.82) is 0 Å². The lowest BCUT2D eigenvalue weighted by Gasteiger charge is -2.23. The molecule has 3 nitrogen and oxygen atoms in total. The molecular weight excluding hydrogens is 226 g/mol. The third-order valence-corrected chi connectivity index (χ3v) is 4.35. The van der Waals surface area contributed by atoms with Gasteiger partial charge in [0.15, 0.2) is 0 Å². The monoisotopic (exact) mass is 245 g/mol. The maximum absolute atomic E-state index is 12.1. The molecule has 92 valence electrons. The number of carbonyl (C=O) groups excluding carboxylic acids is 1. The van der Waals surface area contributed by atoms with E-state index in [1.807, 2.05) is 0 Å². The van der Waals surface area contributed by atoms with Crippen LogP contribution in [0.5, 0.6) is 0 Å². The highest BCUT2D eigenvalue weighted by Crippen LogP contribution is 2.48. The first-order valence-corrected chi connectivity index (χ1v) is 6.63. The summed E-state index contributed by atoms with van der Waals surface area (Å²) in [6, 6.07) is -0.0432. The van der Waals surface area contributed by atoms with Gasteiger partial charge in [0.05, 0.1) is 12.6 Å². The van der Waals surface area contributed by atoms with Crippen molar-refractivity contribution in [1.82, 2.24) is 5.32 Å². The molecule has 0 aromatic rings. The molecule has 0 spiro atoms. The van der Waals surface area contributed by atoms with Crippen molar-refractivity contribution in [2.45, 2.75) is 31.7 Å². The van der Waals surface area contributed by atoms with Gasteiger partial charge >= 0.3 is 0 Å². The van der Waals surface area contributed by atoms with E-state index in [1.165, 1.54) is 19.3 Å². The van der Waals surface area contributed by atoms with E-state index in [4.69, 9.17) is 16.3 Å². The first-order chi connectivity index (χ1) is 7.74. The Bertz CT molecular complexity index is 259. The zero-order chi connectivity index (χ0) is 11.5. The van der Waals surface area contributed by atoms with Crippen LogP contribution in [0.25, 0.3) is 0 Å². The fourth-order valence-corrected chi connectivity index (χ4v) is 3.37. The zero-order valence-corrected chi connectivity index (χ0v) is 10.5. The van der Waals surface area contributed by atoms with Crippen LogP contribution in [0.2, 0.25) is 0 Å². The summed E-state index contributed by atoms with van der Waals surface area (Å²) in [4.78, 5) is 12.1. The van der Waals surface area contributed by atoms with Crippen LogP contribution in [-0.4, -0.2) is 31.5 Å². The molecule has 1 amide bonds. The summed E-state index contributed by atoms with van der Waals surface area (Å²) >= 11 is 5.78. The van der Waals surface area contributed by atoms with Gasteiger partial charge in [-0.2, -0.15) is 0 Å². The fourth-order valence-electron chi connectivity index (χ4n) is 3.20. The van der Waals surface area contributed by atoms with E-state index in [0.717, 1.165) is 12.3 Å². The minimum absolute atomic E-state index is 0.0432.